The van der Waals surface area contributed by atoms with E-state index in [9.17, 15) is 9.59 Å². The maximum atomic E-state index is 15.4. The van der Waals surface area contributed by atoms with Crippen molar-refractivity contribution < 1.29 is 18.7 Å². The van der Waals surface area contributed by atoms with Crippen LogP contribution < -0.4 is 31.3 Å². The van der Waals surface area contributed by atoms with Gasteiger partial charge in [0, 0.05) is 79.6 Å². The summed E-state index contributed by atoms with van der Waals surface area (Å²) in [5.74, 6) is 0.160. The van der Waals surface area contributed by atoms with E-state index in [4.69, 9.17) is 27.9 Å². The summed E-state index contributed by atoms with van der Waals surface area (Å²) < 4.78 is 21.1. The Bertz CT molecular complexity index is 1830. The molecule has 4 heterocycles. The monoisotopic (exact) mass is 692 g/mol. The number of methoxy groups -OCH3 is 1. The molecule has 2 amide bonds. The molecule has 5 N–H and O–H groups in total. The summed E-state index contributed by atoms with van der Waals surface area (Å²) in [7, 11) is 1.61. The van der Waals surface area contributed by atoms with Crippen LogP contribution in [0.3, 0.4) is 0 Å². The van der Waals surface area contributed by atoms with Gasteiger partial charge in [-0.3, -0.25) is 14.6 Å². The number of nitrogens with zero attached hydrogens (tertiary/aromatic N) is 3. The molecule has 2 unspecified atom stereocenters. The van der Waals surface area contributed by atoms with Crippen molar-refractivity contribution in [2.24, 2.45) is 0 Å². The van der Waals surface area contributed by atoms with Gasteiger partial charge in [0.15, 0.2) is 11.6 Å². The van der Waals surface area contributed by atoms with Gasteiger partial charge in [0.05, 0.1) is 34.2 Å². The molecule has 2 aliphatic heterocycles. The zero-order chi connectivity index (χ0) is 33.6. The normalized spacial score (nSPS) is 17.3. The molecule has 6 rings (SSSR count). The SMILES string of the molecule is COc1cc(-c2nccc(-c3cccc(Nc4ncnc(CNCC5CCC(=O)N5)c4F)c3Cl)c2Cl)ccc1CNCC1CCC(=O)N1. The highest BCUT2D eigenvalue weighted by atomic mass is 35.5. The summed E-state index contributed by atoms with van der Waals surface area (Å²) in [6.45, 7) is 1.92. The molecule has 0 bridgehead atoms. The van der Waals surface area contributed by atoms with E-state index in [1.54, 1.807) is 31.5 Å². The number of hydrogen-bond acceptors (Lipinski definition) is 9. The molecular weight excluding hydrogens is 658 g/mol. The number of carbonyl (C=O) groups is 2. The lowest BCUT2D eigenvalue weighted by molar-refractivity contribution is -0.120. The first-order chi connectivity index (χ1) is 23.3. The molecule has 0 spiro atoms. The van der Waals surface area contributed by atoms with Crippen LogP contribution in [0.2, 0.25) is 10.0 Å². The minimum Gasteiger partial charge on any atom is -0.496 e. The first-order valence-electron chi connectivity index (χ1n) is 15.7. The molecule has 4 aromatic rings. The maximum Gasteiger partial charge on any atom is 0.220 e. The van der Waals surface area contributed by atoms with Crippen LogP contribution in [0.4, 0.5) is 15.9 Å². The molecule has 2 atom stereocenters. The average Bonchev–Trinajstić information content (AvgIpc) is 3.70. The number of anilines is 2. The van der Waals surface area contributed by atoms with Gasteiger partial charge in [-0.25, -0.2) is 14.4 Å². The molecule has 48 heavy (non-hydrogen) atoms. The molecule has 2 aromatic carbocycles. The van der Waals surface area contributed by atoms with Gasteiger partial charge in [-0.15, -0.1) is 0 Å². The van der Waals surface area contributed by atoms with Crippen molar-refractivity contribution in [3.05, 3.63) is 82.1 Å². The number of rotatable bonds is 13. The first kappa shape index (κ1) is 33.5. The minimum atomic E-state index is -0.607. The van der Waals surface area contributed by atoms with Gasteiger partial charge in [0.25, 0.3) is 0 Å². The predicted molar refractivity (Wildman–Crippen MR) is 183 cm³/mol. The van der Waals surface area contributed by atoms with Gasteiger partial charge in [0.2, 0.25) is 11.8 Å². The third-order valence-electron chi connectivity index (χ3n) is 8.41. The number of ether oxygens (including phenoxy) is 1. The van der Waals surface area contributed by atoms with Crippen molar-refractivity contribution >= 4 is 46.5 Å². The number of benzene rings is 2. The lowest BCUT2D eigenvalue weighted by atomic mass is 10.0. The zero-order valence-corrected chi connectivity index (χ0v) is 27.7. The van der Waals surface area contributed by atoms with Crippen molar-refractivity contribution in [3.8, 4) is 28.1 Å². The van der Waals surface area contributed by atoms with E-state index in [0.29, 0.717) is 70.8 Å². The van der Waals surface area contributed by atoms with Crippen LogP contribution in [0.5, 0.6) is 5.75 Å². The molecular formula is C34H35Cl2FN8O3. The minimum absolute atomic E-state index is 0.0181. The lowest BCUT2D eigenvalue weighted by Gasteiger charge is -2.16. The summed E-state index contributed by atoms with van der Waals surface area (Å²) in [6.07, 6.45) is 5.57. The third kappa shape index (κ3) is 7.68. The smallest absolute Gasteiger partial charge is 0.220 e. The molecule has 2 aromatic heterocycles. The second-order valence-electron chi connectivity index (χ2n) is 11.7. The van der Waals surface area contributed by atoms with Crippen LogP contribution in [-0.2, 0) is 22.7 Å². The fraction of sp³-hybridized carbons (Fsp3) is 0.324. The Morgan fingerprint density at radius 2 is 1.60 bits per heavy atom. The second kappa shape index (κ2) is 15.2. The van der Waals surface area contributed by atoms with Crippen molar-refractivity contribution in [2.45, 2.75) is 50.9 Å². The van der Waals surface area contributed by atoms with Crippen molar-refractivity contribution in [2.75, 3.05) is 25.5 Å². The van der Waals surface area contributed by atoms with E-state index in [1.807, 2.05) is 24.3 Å². The summed E-state index contributed by atoms with van der Waals surface area (Å²) in [5.41, 5.74) is 4.15. The maximum absolute atomic E-state index is 15.4. The quantitative estimate of drug-likeness (QED) is 0.129. The Hall–Kier alpha value is -4.36. The Labute approximate surface area is 287 Å². The van der Waals surface area contributed by atoms with E-state index in [2.05, 4.69) is 41.5 Å². The number of aromatic nitrogens is 3. The summed E-state index contributed by atoms with van der Waals surface area (Å²) >= 11 is 13.9. The van der Waals surface area contributed by atoms with Gasteiger partial charge in [-0.2, -0.15) is 0 Å². The highest BCUT2D eigenvalue weighted by molar-refractivity contribution is 6.39. The fourth-order valence-corrected chi connectivity index (χ4v) is 6.48. The topological polar surface area (TPSA) is 142 Å². The largest absolute Gasteiger partial charge is 0.496 e. The molecule has 0 radical (unpaired) electrons. The fourth-order valence-electron chi connectivity index (χ4n) is 5.88. The lowest BCUT2D eigenvalue weighted by Crippen LogP contribution is -2.35. The number of nitrogens with one attached hydrogen (secondary N) is 5. The van der Waals surface area contributed by atoms with Crippen molar-refractivity contribution in [3.63, 3.8) is 0 Å². The molecule has 11 nitrogen and oxygen atoms in total. The van der Waals surface area contributed by atoms with Gasteiger partial charge in [-0.05, 0) is 31.0 Å². The Morgan fingerprint density at radius 1 is 0.896 bits per heavy atom. The average molecular weight is 694 g/mol. The number of carbonyl (C=O) groups excluding carboxylic acids is 2. The first-order valence-corrected chi connectivity index (χ1v) is 16.4. The van der Waals surface area contributed by atoms with Gasteiger partial charge >= 0.3 is 0 Å². The van der Waals surface area contributed by atoms with Crippen LogP contribution in [0.15, 0.2) is 55.0 Å². The summed E-state index contributed by atoms with van der Waals surface area (Å²) in [6, 6.07) is 13.1. The highest BCUT2D eigenvalue weighted by Gasteiger charge is 2.22. The highest BCUT2D eigenvalue weighted by Crippen LogP contribution is 2.41. The van der Waals surface area contributed by atoms with Gasteiger partial charge in [-0.1, -0.05) is 47.5 Å². The van der Waals surface area contributed by atoms with E-state index < -0.39 is 5.82 Å². The Balaban J connectivity index is 1.17. The predicted octanol–water partition coefficient (Wildman–Crippen LogP) is 5.14. The molecule has 2 aliphatic rings. The van der Waals surface area contributed by atoms with E-state index in [0.717, 1.165) is 24.0 Å². The van der Waals surface area contributed by atoms with E-state index >= 15 is 4.39 Å². The molecule has 250 valence electrons. The second-order valence-corrected chi connectivity index (χ2v) is 12.4. The number of amides is 2. The summed E-state index contributed by atoms with van der Waals surface area (Å²) in [4.78, 5) is 35.7. The standard InChI is InChI=1S/C34H35Cl2FN8O3/c1-48-27-13-19(5-6-20(27)14-38-15-21-7-9-28(46)43-21)33-31(36)24(11-12-40-33)23-3-2-4-25(30(23)35)45-34-32(37)26(41-18-42-34)17-39-16-22-8-10-29(47)44-22/h2-6,11-13,18,21-22,38-39H,7-10,14-17H2,1H3,(H,43,46)(H,44,47)(H,41,42,45). The Kier molecular flexibility index (Phi) is 10.7. The molecule has 2 fully saturated rings. The number of halogens is 3. The van der Waals surface area contributed by atoms with Gasteiger partial charge in [0.1, 0.15) is 12.1 Å². The molecule has 0 aliphatic carbocycles. The van der Waals surface area contributed by atoms with Crippen LogP contribution >= 0.6 is 23.2 Å². The van der Waals surface area contributed by atoms with Gasteiger partial charge < -0.3 is 31.3 Å². The Morgan fingerprint density at radius 3 is 2.29 bits per heavy atom. The zero-order valence-electron chi connectivity index (χ0n) is 26.2. The van der Waals surface area contributed by atoms with Crippen LogP contribution in [0, 0.1) is 5.82 Å². The van der Waals surface area contributed by atoms with Crippen LogP contribution in [0.1, 0.15) is 36.9 Å². The van der Waals surface area contributed by atoms with Crippen LogP contribution in [0.25, 0.3) is 22.4 Å². The molecule has 2 saturated heterocycles. The van der Waals surface area contributed by atoms with Crippen molar-refractivity contribution in [1.82, 2.24) is 36.2 Å². The number of hydrogen-bond donors (Lipinski definition) is 5. The van der Waals surface area contributed by atoms with Crippen LogP contribution in [-0.4, -0.2) is 59.0 Å². The molecule has 0 saturated carbocycles. The van der Waals surface area contributed by atoms with Crippen molar-refractivity contribution in [1.29, 1.82) is 0 Å². The molecule has 14 heteroatoms. The third-order valence-corrected chi connectivity index (χ3v) is 9.20. The summed E-state index contributed by atoms with van der Waals surface area (Å²) in [5, 5.41) is 16.1. The van der Waals surface area contributed by atoms with E-state index in [1.165, 1.54) is 6.33 Å². The van der Waals surface area contributed by atoms with E-state index in [-0.39, 0.29) is 42.0 Å². The number of pyridine rings is 1.